The maximum atomic E-state index is 12.2. The predicted octanol–water partition coefficient (Wildman–Crippen LogP) is 4.62. The molecular formula is C21H24N2O3. The number of benzene rings is 2. The van der Waals surface area contributed by atoms with Gasteiger partial charge in [0.2, 0.25) is 0 Å². The van der Waals surface area contributed by atoms with Crippen molar-refractivity contribution in [1.29, 1.82) is 0 Å². The fraction of sp³-hybridized carbons (Fsp3) is 0.286. The van der Waals surface area contributed by atoms with Gasteiger partial charge in [0.25, 0.3) is 0 Å². The van der Waals surface area contributed by atoms with Crippen molar-refractivity contribution >= 4 is 17.0 Å². The molecule has 136 valence electrons. The third kappa shape index (κ3) is 3.82. The van der Waals surface area contributed by atoms with Crippen LogP contribution in [0.5, 0.6) is 5.75 Å². The first-order chi connectivity index (χ1) is 12.5. The molecule has 0 aliphatic carbocycles. The van der Waals surface area contributed by atoms with Crippen LogP contribution in [-0.2, 0) is 6.54 Å². The Balaban J connectivity index is 1.66. The van der Waals surface area contributed by atoms with Crippen LogP contribution in [0.2, 0.25) is 0 Å². The summed E-state index contributed by atoms with van der Waals surface area (Å²) in [6.45, 7) is 6.42. The van der Waals surface area contributed by atoms with Crippen LogP contribution in [0, 0.1) is 13.8 Å². The summed E-state index contributed by atoms with van der Waals surface area (Å²) in [5.41, 5.74) is 4.05. The molecule has 2 N–H and O–H groups in total. The highest BCUT2D eigenvalue weighted by Gasteiger charge is 2.18. The summed E-state index contributed by atoms with van der Waals surface area (Å²) < 4.78 is 11.2. The molecule has 0 saturated carbocycles. The number of nitrogens with one attached hydrogen (secondary N) is 2. The van der Waals surface area contributed by atoms with E-state index < -0.39 is 0 Å². The van der Waals surface area contributed by atoms with Gasteiger partial charge in [-0.05, 0) is 44.5 Å². The molecule has 1 atom stereocenters. The van der Waals surface area contributed by atoms with Gasteiger partial charge in [-0.15, -0.1) is 0 Å². The molecule has 1 unspecified atom stereocenters. The monoisotopic (exact) mass is 352 g/mol. The number of aryl methyl sites for hydroxylation is 2. The van der Waals surface area contributed by atoms with Crippen molar-refractivity contribution in [3.8, 4) is 5.75 Å². The second-order valence-electron chi connectivity index (χ2n) is 6.49. The molecule has 26 heavy (non-hydrogen) atoms. The molecule has 5 nitrogen and oxygen atoms in total. The second-order valence-corrected chi connectivity index (χ2v) is 6.49. The average molecular weight is 352 g/mol. The third-order valence-corrected chi connectivity index (χ3v) is 4.49. The minimum absolute atomic E-state index is 0.226. The Morgan fingerprint density at radius 2 is 1.88 bits per heavy atom. The molecule has 0 aliphatic heterocycles. The van der Waals surface area contributed by atoms with Crippen molar-refractivity contribution in [2.45, 2.75) is 33.4 Å². The number of methoxy groups -OCH3 is 1. The summed E-state index contributed by atoms with van der Waals surface area (Å²) in [6, 6.07) is 13.3. The lowest BCUT2D eigenvalue weighted by Gasteiger charge is -2.13. The van der Waals surface area contributed by atoms with Crippen molar-refractivity contribution in [3.63, 3.8) is 0 Å². The molecule has 2 aromatic carbocycles. The predicted molar refractivity (Wildman–Crippen MR) is 102 cm³/mol. The number of ether oxygens (including phenoxy) is 1. The van der Waals surface area contributed by atoms with Crippen molar-refractivity contribution in [2.24, 2.45) is 0 Å². The zero-order valence-corrected chi connectivity index (χ0v) is 15.6. The Bertz CT molecular complexity index is 913. The van der Waals surface area contributed by atoms with Gasteiger partial charge >= 0.3 is 6.03 Å². The van der Waals surface area contributed by atoms with E-state index in [2.05, 4.69) is 10.6 Å². The molecule has 0 fully saturated rings. The average Bonchev–Trinajstić information content (AvgIpc) is 2.97. The largest absolute Gasteiger partial charge is 0.497 e. The number of hydrogen-bond donors (Lipinski definition) is 2. The van der Waals surface area contributed by atoms with Gasteiger partial charge in [0.05, 0.1) is 13.2 Å². The van der Waals surface area contributed by atoms with Crippen LogP contribution in [-0.4, -0.2) is 13.1 Å². The van der Waals surface area contributed by atoms with E-state index in [1.54, 1.807) is 7.11 Å². The molecule has 5 heteroatoms. The fourth-order valence-corrected chi connectivity index (χ4v) is 2.96. The standard InChI is InChI=1S/C21H24N2O3/c1-13-5-7-16(8-6-13)12-22-21(24)23-15(3)20-14(2)18-11-17(25-4)9-10-19(18)26-20/h5-11,15H,12H2,1-4H3,(H2,22,23,24). The molecule has 3 aromatic rings. The minimum atomic E-state index is -0.244. The van der Waals surface area contributed by atoms with Gasteiger partial charge in [-0.3, -0.25) is 0 Å². The lowest BCUT2D eigenvalue weighted by Crippen LogP contribution is -2.36. The molecule has 2 amide bonds. The van der Waals surface area contributed by atoms with E-state index in [4.69, 9.17) is 9.15 Å². The molecule has 1 aromatic heterocycles. The number of hydrogen-bond acceptors (Lipinski definition) is 3. The maximum absolute atomic E-state index is 12.2. The molecule has 0 bridgehead atoms. The zero-order valence-electron chi connectivity index (χ0n) is 15.6. The number of urea groups is 1. The van der Waals surface area contributed by atoms with E-state index in [9.17, 15) is 4.79 Å². The van der Waals surface area contributed by atoms with Crippen LogP contribution in [0.25, 0.3) is 11.0 Å². The summed E-state index contributed by atoms with van der Waals surface area (Å²) in [4.78, 5) is 12.2. The van der Waals surface area contributed by atoms with Crippen LogP contribution in [0.1, 0.15) is 35.4 Å². The highest BCUT2D eigenvalue weighted by Crippen LogP contribution is 2.31. The summed E-state index contributed by atoms with van der Waals surface area (Å²) in [5.74, 6) is 1.53. The van der Waals surface area contributed by atoms with Gasteiger partial charge in [0.1, 0.15) is 17.1 Å². The van der Waals surface area contributed by atoms with E-state index in [0.717, 1.165) is 33.6 Å². The van der Waals surface area contributed by atoms with Crippen LogP contribution in [0.4, 0.5) is 4.79 Å². The summed E-state index contributed by atoms with van der Waals surface area (Å²) >= 11 is 0. The SMILES string of the molecule is COc1ccc2oc(C(C)NC(=O)NCc3ccc(C)cc3)c(C)c2c1. The molecule has 0 spiro atoms. The Kier molecular flexibility index (Phi) is 5.16. The van der Waals surface area contributed by atoms with Gasteiger partial charge in [0.15, 0.2) is 0 Å². The number of fused-ring (bicyclic) bond motifs is 1. The van der Waals surface area contributed by atoms with Gasteiger partial charge < -0.3 is 19.8 Å². The number of carbonyl (C=O) groups is 1. The fourth-order valence-electron chi connectivity index (χ4n) is 2.96. The smallest absolute Gasteiger partial charge is 0.315 e. The summed E-state index contributed by atoms with van der Waals surface area (Å²) in [7, 11) is 1.64. The zero-order chi connectivity index (χ0) is 18.7. The number of amides is 2. The highest BCUT2D eigenvalue weighted by atomic mass is 16.5. The Morgan fingerprint density at radius 1 is 1.15 bits per heavy atom. The minimum Gasteiger partial charge on any atom is -0.497 e. The van der Waals surface area contributed by atoms with Crippen LogP contribution in [0.3, 0.4) is 0 Å². The molecule has 0 aliphatic rings. The van der Waals surface area contributed by atoms with Gasteiger partial charge in [-0.25, -0.2) is 4.79 Å². The Hall–Kier alpha value is -2.95. The quantitative estimate of drug-likeness (QED) is 0.704. The van der Waals surface area contributed by atoms with Gasteiger partial charge in [-0.2, -0.15) is 0 Å². The number of rotatable bonds is 5. The van der Waals surface area contributed by atoms with Crippen LogP contribution in [0.15, 0.2) is 46.9 Å². The van der Waals surface area contributed by atoms with E-state index >= 15 is 0 Å². The molecule has 3 rings (SSSR count). The van der Waals surface area contributed by atoms with Crippen molar-refractivity contribution in [2.75, 3.05) is 7.11 Å². The summed E-state index contributed by atoms with van der Waals surface area (Å²) in [5, 5.41) is 6.81. The summed E-state index contributed by atoms with van der Waals surface area (Å²) in [6.07, 6.45) is 0. The van der Waals surface area contributed by atoms with E-state index in [1.807, 2.05) is 63.2 Å². The van der Waals surface area contributed by atoms with Crippen LogP contribution >= 0.6 is 0 Å². The maximum Gasteiger partial charge on any atom is 0.315 e. The third-order valence-electron chi connectivity index (χ3n) is 4.49. The lowest BCUT2D eigenvalue weighted by molar-refractivity contribution is 0.236. The Labute approximate surface area is 153 Å². The first-order valence-corrected chi connectivity index (χ1v) is 8.65. The molecule has 1 heterocycles. The topological polar surface area (TPSA) is 63.5 Å². The van der Waals surface area contributed by atoms with E-state index in [1.165, 1.54) is 5.56 Å². The number of furan rings is 1. The van der Waals surface area contributed by atoms with E-state index in [-0.39, 0.29) is 12.1 Å². The first-order valence-electron chi connectivity index (χ1n) is 8.65. The van der Waals surface area contributed by atoms with Crippen molar-refractivity contribution in [3.05, 3.63) is 64.9 Å². The normalized spacial score (nSPS) is 12.0. The van der Waals surface area contributed by atoms with Crippen LogP contribution < -0.4 is 15.4 Å². The molecule has 0 saturated heterocycles. The lowest BCUT2D eigenvalue weighted by atomic mass is 10.1. The first kappa shape index (κ1) is 17.9. The van der Waals surface area contributed by atoms with Gasteiger partial charge in [0, 0.05) is 17.5 Å². The Morgan fingerprint density at radius 3 is 2.58 bits per heavy atom. The number of carbonyl (C=O) groups excluding carboxylic acids is 1. The second kappa shape index (κ2) is 7.52. The van der Waals surface area contributed by atoms with Crippen molar-refractivity contribution < 1.29 is 13.9 Å². The van der Waals surface area contributed by atoms with E-state index in [0.29, 0.717) is 6.54 Å². The van der Waals surface area contributed by atoms with Crippen molar-refractivity contribution in [1.82, 2.24) is 10.6 Å². The van der Waals surface area contributed by atoms with Gasteiger partial charge in [-0.1, -0.05) is 29.8 Å². The molecule has 0 radical (unpaired) electrons. The molecular weight excluding hydrogens is 328 g/mol. The highest BCUT2D eigenvalue weighted by molar-refractivity contribution is 5.84.